The zero-order chi connectivity index (χ0) is 15.4. The fourth-order valence-electron chi connectivity index (χ4n) is 1.68. The Morgan fingerprint density at radius 1 is 1.38 bits per heavy atom. The van der Waals surface area contributed by atoms with Crippen LogP contribution in [0.4, 0.5) is 5.69 Å². The summed E-state index contributed by atoms with van der Waals surface area (Å²) >= 11 is 7.27. The molecule has 0 unspecified atom stereocenters. The van der Waals surface area contributed by atoms with Crippen molar-refractivity contribution in [3.05, 3.63) is 44.9 Å². The Morgan fingerprint density at radius 3 is 2.81 bits per heavy atom. The van der Waals surface area contributed by atoms with Crippen molar-refractivity contribution in [1.29, 1.82) is 0 Å². The number of thiazole rings is 1. The largest absolute Gasteiger partial charge is 0.481 e. The van der Waals surface area contributed by atoms with Crippen LogP contribution in [0.25, 0.3) is 0 Å². The number of anilines is 1. The third-order valence-corrected chi connectivity index (χ3v) is 4.00. The molecule has 1 aromatic carbocycles. The molecule has 5 nitrogen and oxygen atoms in total. The van der Waals surface area contributed by atoms with Crippen LogP contribution in [0.15, 0.2) is 23.6 Å². The summed E-state index contributed by atoms with van der Waals surface area (Å²) in [5.74, 6) is -1.16. The van der Waals surface area contributed by atoms with Gasteiger partial charge in [0.25, 0.3) is 0 Å². The van der Waals surface area contributed by atoms with Crippen LogP contribution in [0.3, 0.4) is 0 Å². The lowest BCUT2D eigenvalue weighted by atomic mass is 10.2. The smallest absolute Gasteiger partial charge is 0.309 e. The highest BCUT2D eigenvalue weighted by molar-refractivity contribution is 7.09. The number of nitrogens with one attached hydrogen (secondary N) is 1. The van der Waals surface area contributed by atoms with Gasteiger partial charge in [0.15, 0.2) is 0 Å². The Bertz CT molecular complexity index is 685. The molecule has 0 aliphatic rings. The fourth-order valence-corrected chi connectivity index (χ4v) is 2.65. The molecule has 7 heteroatoms. The van der Waals surface area contributed by atoms with Crippen LogP contribution in [0.2, 0.25) is 5.02 Å². The number of hydrogen-bond acceptors (Lipinski definition) is 4. The van der Waals surface area contributed by atoms with Gasteiger partial charge in [-0.1, -0.05) is 17.7 Å². The van der Waals surface area contributed by atoms with E-state index in [9.17, 15) is 9.59 Å². The number of aryl methyl sites for hydroxylation is 1. The van der Waals surface area contributed by atoms with Crippen molar-refractivity contribution in [1.82, 2.24) is 4.98 Å². The minimum Gasteiger partial charge on any atom is -0.481 e. The first-order chi connectivity index (χ1) is 9.94. The number of carboxylic acid groups (broad SMARTS) is 1. The van der Waals surface area contributed by atoms with Crippen molar-refractivity contribution < 1.29 is 14.7 Å². The van der Waals surface area contributed by atoms with E-state index < -0.39 is 5.97 Å². The van der Waals surface area contributed by atoms with E-state index >= 15 is 0 Å². The third-order valence-electron chi connectivity index (χ3n) is 2.70. The van der Waals surface area contributed by atoms with E-state index in [0.29, 0.717) is 21.4 Å². The molecule has 110 valence electrons. The molecule has 0 spiro atoms. The minimum atomic E-state index is -0.939. The zero-order valence-corrected chi connectivity index (χ0v) is 12.8. The van der Waals surface area contributed by atoms with E-state index in [-0.39, 0.29) is 18.7 Å². The first-order valence-corrected chi connectivity index (χ1v) is 7.41. The maximum absolute atomic E-state index is 11.9. The van der Waals surface area contributed by atoms with Gasteiger partial charge in [0, 0.05) is 16.1 Å². The number of halogens is 1. The van der Waals surface area contributed by atoms with Gasteiger partial charge in [0.2, 0.25) is 5.91 Å². The summed E-state index contributed by atoms with van der Waals surface area (Å²) in [6.45, 7) is 1.88. The third kappa shape index (κ3) is 4.54. The molecule has 0 saturated heterocycles. The number of carboxylic acids is 1. The number of carbonyl (C=O) groups is 2. The predicted octanol–water partition coefficient (Wildman–Crippen LogP) is 2.91. The van der Waals surface area contributed by atoms with Gasteiger partial charge >= 0.3 is 5.97 Å². The van der Waals surface area contributed by atoms with E-state index in [0.717, 1.165) is 5.56 Å². The lowest BCUT2D eigenvalue weighted by Crippen LogP contribution is -2.14. The van der Waals surface area contributed by atoms with E-state index in [1.807, 2.05) is 13.0 Å². The second kappa shape index (κ2) is 6.69. The summed E-state index contributed by atoms with van der Waals surface area (Å²) in [6.07, 6.45) is -0.0263. The van der Waals surface area contributed by atoms with Crippen LogP contribution in [-0.2, 0) is 22.4 Å². The number of aliphatic carboxylic acids is 1. The Labute approximate surface area is 130 Å². The topological polar surface area (TPSA) is 79.3 Å². The second-order valence-corrected chi connectivity index (χ2v) is 5.84. The lowest BCUT2D eigenvalue weighted by molar-refractivity contribution is -0.136. The van der Waals surface area contributed by atoms with Gasteiger partial charge in [-0.2, -0.15) is 0 Å². The summed E-state index contributed by atoms with van der Waals surface area (Å²) in [5.41, 5.74) is 2.03. The van der Waals surface area contributed by atoms with Crippen molar-refractivity contribution in [3.63, 3.8) is 0 Å². The standard InChI is InChI=1S/C14H13ClN2O3S/c1-8-2-3-9(4-11(8)15)16-12(18)6-13-17-10(7-21-13)5-14(19)20/h2-4,7H,5-6H2,1H3,(H,16,18)(H,19,20). The Morgan fingerprint density at radius 2 is 2.14 bits per heavy atom. The number of carbonyl (C=O) groups excluding carboxylic acids is 1. The highest BCUT2D eigenvalue weighted by atomic mass is 35.5. The molecule has 1 amide bonds. The van der Waals surface area contributed by atoms with Crippen molar-refractivity contribution in [3.8, 4) is 0 Å². The van der Waals surface area contributed by atoms with Crippen molar-refractivity contribution >= 4 is 40.5 Å². The number of benzene rings is 1. The van der Waals surface area contributed by atoms with Gasteiger partial charge in [-0.25, -0.2) is 4.98 Å². The molecule has 2 N–H and O–H groups in total. The van der Waals surface area contributed by atoms with Crippen LogP contribution in [0, 0.1) is 6.92 Å². The number of rotatable bonds is 5. The summed E-state index contributed by atoms with van der Waals surface area (Å²) in [4.78, 5) is 26.6. The predicted molar refractivity (Wildman–Crippen MR) is 82.0 cm³/mol. The van der Waals surface area contributed by atoms with Crippen molar-refractivity contribution in [2.45, 2.75) is 19.8 Å². The molecule has 0 aliphatic heterocycles. The lowest BCUT2D eigenvalue weighted by Gasteiger charge is -2.05. The van der Waals surface area contributed by atoms with E-state index in [1.54, 1.807) is 17.5 Å². The number of aromatic nitrogens is 1. The average Bonchev–Trinajstić information content (AvgIpc) is 2.80. The van der Waals surface area contributed by atoms with Crippen molar-refractivity contribution in [2.24, 2.45) is 0 Å². The Kier molecular flexibility index (Phi) is 4.93. The van der Waals surface area contributed by atoms with Gasteiger partial charge in [0.05, 0.1) is 18.5 Å². The normalized spacial score (nSPS) is 10.4. The molecule has 0 aliphatic carbocycles. The van der Waals surface area contributed by atoms with Crippen molar-refractivity contribution in [2.75, 3.05) is 5.32 Å². The summed E-state index contributed by atoms with van der Waals surface area (Å²) in [7, 11) is 0. The van der Waals surface area contributed by atoms with Gasteiger partial charge in [-0.3, -0.25) is 9.59 Å². The SMILES string of the molecule is Cc1ccc(NC(=O)Cc2nc(CC(=O)O)cs2)cc1Cl. The van der Waals surface area contributed by atoms with E-state index in [2.05, 4.69) is 10.3 Å². The number of nitrogens with zero attached hydrogens (tertiary/aromatic N) is 1. The zero-order valence-electron chi connectivity index (χ0n) is 11.2. The monoisotopic (exact) mass is 324 g/mol. The second-order valence-electron chi connectivity index (χ2n) is 4.49. The molecule has 0 atom stereocenters. The fraction of sp³-hybridized carbons (Fsp3) is 0.214. The Balaban J connectivity index is 1.96. The molecule has 0 fully saturated rings. The van der Waals surface area contributed by atoms with Gasteiger partial charge < -0.3 is 10.4 Å². The summed E-state index contributed by atoms with van der Waals surface area (Å²) in [5, 5.41) is 14.2. The van der Waals surface area contributed by atoms with E-state index in [1.165, 1.54) is 11.3 Å². The molecule has 21 heavy (non-hydrogen) atoms. The van der Waals surface area contributed by atoms with Gasteiger partial charge in [-0.15, -0.1) is 11.3 Å². The molecule has 0 saturated carbocycles. The molecular formula is C14H13ClN2O3S. The van der Waals surface area contributed by atoms with Gasteiger partial charge in [0.1, 0.15) is 5.01 Å². The number of amides is 1. The van der Waals surface area contributed by atoms with E-state index in [4.69, 9.17) is 16.7 Å². The highest BCUT2D eigenvalue weighted by Gasteiger charge is 2.10. The quantitative estimate of drug-likeness (QED) is 0.886. The first-order valence-electron chi connectivity index (χ1n) is 6.15. The first kappa shape index (κ1) is 15.5. The van der Waals surface area contributed by atoms with Crippen LogP contribution >= 0.6 is 22.9 Å². The molecule has 1 heterocycles. The van der Waals surface area contributed by atoms with Crippen LogP contribution < -0.4 is 5.32 Å². The molecule has 0 bridgehead atoms. The highest BCUT2D eigenvalue weighted by Crippen LogP contribution is 2.20. The van der Waals surface area contributed by atoms with Crippen LogP contribution in [0.1, 0.15) is 16.3 Å². The molecule has 0 radical (unpaired) electrons. The molecule has 2 aromatic rings. The van der Waals surface area contributed by atoms with Crippen LogP contribution in [-0.4, -0.2) is 22.0 Å². The molecule has 2 rings (SSSR count). The van der Waals surface area contributed by atoms with Crippen LogP contribution in [0.5, 0.6) is 0 Å². The number of hydrogen-bond donors (Lipinski definition) is 2. The average molecular weight is 325 g/mol. The molecule has 1 aromatic heterocycles. The summed E-state index contributed by atoms with van der Waals surface area (Å²) in [6, 6.07) is 5.29. The maximum Gasteiger partial charge on any atom is 0.309 e. The van der Waals surface area contributed by atoms with Gasteiger partial charge in [-0.05, 0) is 24.6 Å². The Hall–Kier alpha value is -1.92. The maximum atomic E-state index is 11.9. The molecular weight excluding hydrogens is 312 g/mol. The minimum absolute atomic E-state index is 0.107. The summed E-state index contributed by atoms with van der Waals surface area (Å²) < 4.78 is 0.